The van der Waals surface area contributed by atoms with Crippen molar-refractivity contribution in [1.29, 1.82) is 0 Å². The molecule has 0 atom stereocenters. The maximum Gasteiger partial charge on any atom is 0.259 e. The van der Waals surface area contributed by atoms with Gasteiger partial charge in [0.1, 0.15) is 0 Å². The van der Waals surface area contributed by atoms with E-state index in [0.717, 1.165) is 27.5 Å². The molecule has 0 aliphatic carbocycles. The van der Waals surface area contributed by atoms with Crippen molar-refractivity contribution < 1.29 is 9.59 Å². The van der Waals surface area contributed by atoms with Gasteiger partial charge in [0.2, 0.25) is 0 Å². The quantitative estimate of drug-likeness (QED) is 0.457. The van der Waals surface area contributed by atoms with Crippen molar-refractivity contribution in [1.82, 2.24) is 5.32 Å². The molecule has 1 aliphatic heterocycles. The molecule has 3 aromatic carbocycles. The molecule has 4 rings (SSSR count). The first-order chi connectivity index (χ1) is 15.4. The third-order valence-corrected chi connectivity index (χ3v) is 6.75. The third-order valence-electron chi connectivity index (χ3n) is 5.36. The van der Waals surface area contributed by atoms with Gasteiger partial charge in [0.25, 0.3) is 11.8 Å². The van der Waals surface area contributed by atoms with Crippen molar-refractivity contribution in [2.75, 3.05) is 11.4 Å². The molecule has 4 nitrogen and oxygen atoms in total. The predicted molar refractivity (Wildman–Crippen MR) is 131 cm³/mol. The Hall–Kier alpha value is -2.76. The van der Waals surface area contributed by atoms with E-state index in [1.165, 1.54) is 0 Å². The van der Waals surface area contributed by atoms with Crippen LogP contribution in [0.25, 0.3) is 0 Å². The molecule has 2 amide bonds. The Bertz CT molecular complexity index is 1140. The van der Waals surface area contributed by atoms with E-state index < -0.39 is 0 Å². The van der Waals surface area contributed by atoms with Crippen LogP contribution in [-0.4, -0.2) is 18.4 Å². The lowest BCUT2D eigenvalue weighted by atomic mass is 10.1. The first-order valence-electron chi connectivity index (χ1n) is 10.7. The molecular formula is C26H25ClN2O2S. The average Bonchev–Trinajstić information content (AvgIpc) is 2.89. The number of carbonyl (C=O) groups is 2. The van der Waals surface area contributed by atoms with Crippen LogP contribution in [0, 0.1) is 5.92 Å². The van der Waals surface area contributed by atoms with Crippen LogP contribution in [0.5, 0.6) is 0 Å². The van der Waals surface area contributed by atoms with E-state index in [1.807, 2.05) is 66.7 Å². The molecule has 0 radical (unpaired) electrons. The lowest BCUT2D eigenvalue weighted by Crippen LogP contribution is -2.31. The summed E-state index contributed by atoms with van der Waals surface area (Å²) in [6, 6.07) is 20.7. The number of amides is 2. The fourth-order valence-corrected chi connectivity index (χ4v) is 4.75. The number of hydrogen-bond donors (Lipinski definition) is 1. The Labute approximate surface area is 198 Å². The van der Waals surface area contributed by atoms with E-state index in [0.29, 0.717) is 35.2 Å². The van der Waals surface area contributed by atoms with E-state index in [2.05, 4.69) is 19.2 Å². The van der Waals surface area contributed by atoms with Crippen molar-refractivity contribution in [2.24, 2.45) is 5.92 Å². The number of anilines is 1. The van der Waals surface area contributed by atoms with Crippen LogP contribution in [0.2, 0.25) is 5.02 Å². The minimum absolute atomic E-state index is 0.0841. The van der Waals surface area contributed by atoms with E-state index in [4.69, 9.17) is 11.6 Å². The van der Waals surface area contributed by atoms with Gasteiger partial charge in [-0.05, 0) is 60.4 Å². The van der Waals surface area contributed by atoms with Gasteiger partial charge in [0.15, 0.2) is 0 Å². The van der Waals surface area contributed by atoms with Crippen LogP contribution in [0.3, 0.4) is 0 Å². The van der Waals surface area contributed by atoms with Crippen molar-refractivity contribution in [2.45, 2.75) is 36.6 Å². The molecule has 0 unspecified atom stereocenters. The van der Waals surface area contributed by atoms with Crippen molar-refractivity contribution in [3.63, 3.8) is 0 Å². The Balaban J connectivity index is 1.71. The summed E-state index contributed by atoms with van der Waals surface area (Å²) in [5.41, 5.74) is 2.91. The summed E-state index contributed by atoms with van der Waals surface area (Å²) in [6.07, 6.45) is 0.920. The van der Waals surface area contributed by atoms with E-state index in [9.17, 15) is 9.59 Å². The summed E-state index contributed by atoms with van der Waals surface area (Å²) in [7, 11) is 0. The van der Waals surface area contributed by atoms with Crippen LogP contribution < -0.4 is 10.2 Å². The predicted octanol–water partition coefficient (Wildman–Crippen LogP) is 6.43. The normalized spacial score (nSPS) is 12.9. The number of carbonyl (C=O) groups excluding carboxylic acids is 2. The lowest BCUT2D eigenvalue weighted by Gasteiger charge is -2.24. The largest absolute Gasteiger partial charge is 0.352 e. The summed E-state index contributed by atoms with van der Waals surface area (Å²) in [4.78, 5) is 30.0. The highest BCUT2D eigenvalue weighted by molar-refractivity contribution is 7.99. The van der Waals surface area contributed by atoms with Gasteiger partial charge in [0, 0.05) is 26.9 Å². The van der Waals surface area contributed by atoms with Gasteiger partial charge in [-0.15, -0.1) is 0 Å². The summed E-state index contributed by atoms with van der Waals surface area (Å²) in [6.45, 7) is 5.27. The Morgan fingerprint density at radius 3 is 2.53 bits per heavy atom. The van der Waals surface area contributed by atoms with Crippen LogP contribution in [-0.2, 0) is 6.54 Å². The molecular weight excluding hydrogens is 440 g/mol. The SMILES string of the molecule is CC(C)CCNC(=O)c1ccc2c(c1)N(Cc1ccc(Cl)cc1)C(=O)c1ccccc1S2. The molecule has 0 fully saturated rings. The second kappa shape index (κ2) is 9.80. The minimum Gasteiger partial charge on any atom is -0.352 e. The number of halogens is 1. The zero-order chi connectivity index (χ0) is 22.7. The number of nitrogens with zero attached hydrogens (tertiary/aromatic N) is 1. The van der Waals surface area contributed by atoms with Crippen molar-refractivity contribution in [3.8, 4) is 0 Å². The van der Waals surface area contributed by atoms with Crippen LogP contribution >= 0.6 is 23.4 Å². The summed E-state index contributed by atoms with van der Waals surface area (Å²) in [5.74, 6) is 0.308. The molecule has 0 saturated heterocycles. The smallest absolute Gasteiger partial charge is 0.259 e. The third kappa shape index (κ3) is 5.00. The van der Waals surface area contributed by atoms with Gasteiger partial charge in [-0.25, -0.2) is 0 Å². The highest BCUT2D eigenvalue weighted by Gasteiger charge is 2.28. The summed E-state index contributed by atoms with van der Waals surface area (Å²) in [5, 5.41) is 3.64. The minimum atomic E-state index is -0.126. The number of hydrogen-bond acceptors (Lipinski definition) is 3. The first kappa shape index (κ1) is 22.4. The van der Waals surface area contributed by atoms with Gasteiger partial charge in [-0.1, -0.05) is 61.5 Å². The molecule has 164 valence electrons. The average molecular weight is 465 g/mol. The maximum atomic E-state index is 13.6. The Kier molecular flexibility index (Phi) is 6.87. The summed E-state index contributed by atoms with van der Waals surface area (Å²) >= 11 is 7.60. The molecule has 0 aromatic heterocycles. The standard InChI is InChI=1S/C26H25ClN2O2S/c1-17(2)13-14-28-25(30)19-9-12-24-22(15-19)29(16-18-7-10-20(27)11-8-18)26(31)21-5-3-4-6-23(21)32-24/h3-12,15,17H,13-14,16H2,1-2H3,(H,28,30). The van der Waals surface area contributed by atoms with Gasteiger partial charge in [-0.2, -0.15) is 0 Å². The lowest BCUT2D eigenvalue weighted by molar-refractivity contribution is 0.0948. The fourth-order valence-electron chi connectivity index (χ4n) is 3.57. The van der Waals surface area contributed by atoms with E-state index >= 15 is 0 Å². The van der Waals surface area contributed by atoms with Gasteiger partial charge >= 0.3 is 0 Å². The summed E-state index contributed by atoms with van der Waals surface area (Å²) < 4.78 is 0. The Morgan fingerprint density at radius 1 is 1.03 bits per heavy atom. The number of fused-ring (bicyclic) bond motifs is 2. The van der Waals surface area contributed by atoms with Gasteiger partial charge in [0.05, 0.1) is 17.8 Å². The fraction of sp³-hybridized carbons (Fsp3) is 0.231. The number of nitrogens with one attached hydrogen (secondary N) is 1. The molecule has 0 bridgehead atoms. The Morgan fingerprint density at radius 2 is 1.78 bits per heavy atom. The number of rotatable bonds is 6. The zero-order valence-electron chi connectivity index (χ0n) is 18.1. The molecule has 1 N–H and O–H groups in total. The van der Waals surface area contributed by atoms with E-state index in [-0.39, 0.29) is 11.8 Å². The number of benzene rings is 3. The highest BCUT2D eigenvalue weighted by atomic mass is 35.5. The molecule has 1 aliphatic rings. The second-order valence-electron chi connectivity index (χ2n) is 8.24. The topological polar surface area (TPSA) is 49.4 Å². The van der Waals surface area contributed by atoms with E-state index in [1.54, 1.807) is 16.7 Å². The maximum absolute atomic E-state index is 13.6. The molecule has 0 spiro atoms. The van der Waals surface area contributed by atoms with Crippen LogP contribution in [0.1, 0.15) is 46.5 Å². The molecule has 1 heterocycles. The molecule has 6 heteroatoms. The van der Waals surface area contributed by atoms with Gasteiger partial charge < -0.3 is 10.2 Å². The molecule has 0 saturated carbocycles. The molecule has 32 heavy (non-hydrogen) atoms. The first-order valence-corrected chi connectivity index (χ1v) is 11.9. The van der Waals surface area contributed by atoms with Crippen molar-refractivity contribution in [3.05, 3.63) is 88.4 Å². The second-order valence-corrected chi connectivity index (χ2v) is 9.76. The van der Waals surface area contributed by atoms with Crippen molar-refractivity contribution >= 4 is 40.9 Å². The van der Waals surface area contributed by atoms with Crippen LogP contribution in [0.4, 0.5) is 5.69 Å². The zero-order valence-corrected chi connectivity index (χ0v) is 19.7. The monoisotopic (exact) mass is 464 g/mol. The van der Waals surface area contributed by atoms with Crippen LogP contribution in [0.15, 0.2) is 76.5 Å². The highest BCUT2D eigenvalue weighted by Crippen LogP contribution is 2.42. The van der Waals surface area contributed by atoms with Gasteiger partial charge in [-0.3, -0.25) is 9.59 Å². The molecule has 3 aromatic rings.